The number of piperazine rings is 1. The van der Waals surface area contributed by atoms with Crippen molar-refractivity contribution in [1.29, 1.82) is 0 Å². The van der Waals surface area contributed by atoms with Crippen molar-refractivity contribution in [3.05, 3.63) is 42.5 Å². The molecule has 1 atom stereocenters. The van der Waals surface area contributed by atoms with Crippen LogP contribution in [0.2, 0.25) is 0 Å². The maximum Gasteiger partial charge on any atom is 0.321 e. The number of hydrogen-bond donors (Lipinski definition) is 2. The van der Waals surface area contributed by atoms with E-state index < -0.39 is 0 Å². The fourth-order valence-electron chi connectivity index (χ4n) is 3.93. The molecule has 4 rings (SSSR count). The van der Waals surface area contributed by atoms with Gasteiger partial charge in [-0.1, -0.05) is 36.4 Å². The zero-order valence-corrected chi connectivity index (χ0v) is 15.5. The van der Waals surface area contributed by atoms with Crippen LogP contribution in [0.1, 0.15) is 12.8 Å². The Balaban J connectivity index is 1.31. The molecule has 0 saturated carbocycles. The summed E-state index contributed by atoms with van der Waals surface area (Å²) >= 11 is 0. The fourth-order valence-corrected chi connectivity index (χ4v) is 3.93. The maximum atomic E-state index is 12.7. The number of carbonyl (C=O) groups excluding carboxylic acids is 2. The van der Waals surface area contributed by atoms with Crippen LogP contribution < -0.4 is 10.6 Å². The van der Waals surface area contributed by atoms with Crippen molar-refractivity contribution in [3.63, 3.8) is 0 Å². The van der Waals surface area contributed by atoms with Crippen LogP contribution >= 0.6 is 0 Å². The van der Waals surface area contributed by atoms with E-state index in [0.29, 0.717) is 19.6 Å². The van der Waals surface area contributed by atoms with E-state index in [1.54, 1.807) is 0 Å². The van der Waals surface area contributed by atoms with Crippen LogP contribution in [0.5, 0.6) is 0 Å². The summed E-state index contributed by atoms with van der Waals surface area (Å²) in [5, 5.41) is 8.46. The molecule has 2 fully saturated rings. The highest BCUT2D eigenvalue weighted by Crippen LogP contribution is 2.23. The Kier molecular flexibility index (Phi) is 5.36. The topological polar surface area (TPSA) is 64.7 Å². The van der Waals surface area contributed by atoms with Gasteiger partial charge in [-0.3, -0.25) is 9.69 Å². The van der Waals surface area contributed by atoms with E-state index in [-0.39, 0.29) is 17.9 Å². The molecule has 2 amide bonds. The minimum Gasteiger partial charge on any atom is -0.322 e. The van der Waals surface area contributed by atoms with Gasteiger partial charge in [0.2, 0.25) is 0 Å². The number of carbonyl (C=O) groups is 2. The van der Waals surface area contributed by atoms with Gasteiger partial charge in [0.25, 0.3) is 0 Å². The summed E-state index contributed by atoms with van der Waals surface area (Å²) in [6.45, 7) is 4.18. The number of nitrogens with zero attached hydrogens (tertiary/aromatic N) is 2. The van der Waals surface area contributed by atoms with Crippen LogP contribution in [0.3, 0.4) is 0 Å². The second-order valence-electron chi connectivity index (χ2n) is 7.34. The van der Waals surface area contributed by atoms with E-state index in [2.05, 4.69) is 15.5 Å². The summed E-state index contributed by atoms with van der Waals surface area (Å²) in [6.07, 6.45) is 2.03. The fraction of sp³-hybridized carbons (Fsp3) is 0.429. The van der Waals surface area contributed by atoms with Crippen LogP contribution in [-0.4, -0.2) is 66.9 Å². The van der Waals surface area contributed by atoms with Gasteiger partial charge in [0, 0.05) is 31.6 Å². The van der Waals surface area contributed by atoms with E-state index in [0.717, 1.165) is 48.9 Å². The lowest BCUT2D eigenvalue weighted by molar-refractivity contribution is -0.122. The smallest absolute Gasteiger partial charge is 0.321 e. The molecule has 0 radical (unpaired) electrons. The lowest BCUT2D eigenvalue weighted by atomic mass is 10.1. The van der Waals surface area contributed by atoms with Crippen molar-refractivity contribution in [2.45, 2.75) is 18.9 Å². The lowest BCUT2D eigenvalue weighted by Crippen LogP contribution is -2.52. The number of benzene rings is 2. The van der Waals surface area contributed by atoms with E-state index >= 15 is 0 Å². The molecule has 0 unspecified atom stereocenters. The van der Waals surface area contributed by atoms with Crippen LogP contribution in [0, 0.1) is 0 Å². The molecule has 2 N–H and O–H groups in total. The molecule has 142 valence electrons. The molecule has 0 bridgehead atoms. The average Bonchev–Trinajstić information content (AvgIpc) is 3.24. The summed E-state index contributed by atoms with van der Waals surface area (Å²) in [5.74, 6) is 0.279. The number of anilines is 1. The van der Waals surface area contributed by atoms with Crippen molar-refractivity contribution in [3.8, 4) is 0 Å². The Bertz CT molecular complexity index is 819. The molecule has 6 heteroatoms. The molecule has 0 aromatic heterocycles. The maximum absolute atomic E-state index is 12.7. The summed E-state index contributed by atoms with van der Waals surface area (Å²) in [4.78, 5) is 29.0. The largest absolute Gasteiger partial charge is 0.322 e. The van der Waals surface area contributed by atoms with E-state index in [1.165, 1.54) is 0 Å². The van der Waals surface area contributed by atoms with Gasteiger partial charge in [-0.25, -0.2) is 4.79 Å². The Morgan fingerprint density at radius 3 is 2.59 bits per heavy atom. The van der Waals surface area contributed by atoms with Crippen LogP contribution in [-0.2, 0) is 4.79 Å². The number of Topliss-reactive ketones (excluding diaryl/α,β-unsaturated/α-hetero) is 1. The first kappa shape index (κ1) is 17.9. The molecule has 6 nitrogen and oxygen atoms in total. The van der Waals surface area contributed by atoms with Crippen molar-refractivity contribution in [2.24, 2.45) is 0 Å². The summed E-state index contributed by atoms with van der Waals surface area (Å²) in [6, 6.07) is 13.9. The average molecular weight is 366 g/mol. The summed E-state index contributed by atoms with van der Waals surface area (Å²) in [7, 11) is 0. The number of amides is 2. The van der Waals surface area contributed by atoms with Gasteiger partial charge in [-0.05, 0) is 30.8 Å². The highest BCUT2D eigenvalue weighted by atomic mass is 16.2. The highest BCUT2D eigenvalue weighted by Gasteiger charge is 2.27. The van der Waals surface area contributed by atoms with E-state index in [1.807, 2.05) is 47.4 Å². The molecule has 2 aromatic carbocycles. The molecule has 2 aliphatic rings. The SMILES string of the molecule is O=C(CN1CCN(C(=O)Nc2cccc3ccccc23)CC1)[C@@H]1CCCN1. The molecule has 2 saturated heterocycles. The number of ketones is 1. The normalized spacial score (nSPS) is 20.7. The molecule has 2 aliphatic heterocycles. The van der Waals surface area contributed by atoms with Gasteiger partial charge in [0.15, 0.2) is 5.78 Å². The Hall–Kier alpha value is -2.44. The van der Waals surface area contributed by atoms with Crippen molar-refractivity contribution in [1.82, 2.24) is 15.1 Å². The lowest BCUT2D eigenvalue weighted by Gasteiger charge is -2.34. The number of urea groups is 1. The number of rotatable bonds is 4. The van der Waals surface area contributed by atoms with Crippen LogP contribution in [0.4, 0.5) is 10.5 Å². The highest BCUT2D eigenvalue weighted by molar-refractivity contribution is 6.01. The Morgan fingerprint density at radius 1 is 1.04 bits per heavy atom. The third kappa shape index (κ3) is 4.12. The Morgan fingerprint density at radius 2 is 1.81 bits per heavy atom. The predicted octanol–water partition coefficient (Wildman–Crippen LogP) is 2.31. The first-order chi connectivity index (χ1) is 13.2. The van der Waals surface area contributed by atoms with Gasteiger partial charge in [0.05, 0.1) is 18.3 Å². The minimum absolute atomic E-state index is 0.0256. The molecule has 0 spiro atoms. The second-order valence-corrected chi connectivity index (χ2v) is 7.34. The minimum atomic E-state index is -0.0743. The zero-order chi connectivity index (χ0) is 18.6. The summed E-state index contributed by atoms with van der Waals surface area (Å²) in [5.41, 5.74) is 0.836. The van der Waals surface area contributed by atoms with Crippen molar-refractivity contribution in [2.75, 3.05) is 44.6 Å². The van der Waals surface area contributed by atoms with Gasteiger partial charge in [-0.15, -0.1) is 0 Å². The van der Waals surface area contributed by atoms with Crippen molar-refractivity contribution < 1.29 is 9.59 Å². The van der Waals surface area contributed by atoms with Crippen LogP contribution in [0.25, 0.3) is 10.8 Å². The molecular weight excluding hydrogens is 340 g/mol. The van der Waals surface area contributed by atoms with E-state index in [4.69, 9.17) is 0 Å². The van der Waals surface area contributed by atoms with Crippen LogP contribution in [0.15, 0.2) is 42.5 Å². The standard InChI is InChI=1S/C21H26N4O2/c26-20(19-9-4-10-22-19)15-24-11-13-25(14-12-24)21(27)23-18-8-3-6-16-5-1-2-7-17(16)18/h1-3,5-8,19,22H,4,9-15H2,(H,23,27)/t19-/m0/s1. The molecular formula is C21H26N4O2. The molecule has 2 aromatic rings. The predicted molar refractivity (Wildman–Crippen MR) is 107 cm³/mol. The molecule has 27 heavy (non-hydrogen) atoms. The third-order valence-electron chi connectivity index (χ3n) is 5.52. The first-order valence-corrected chi connectivity index (χ1v) is 9.73. The quantitative estimate of drug-likeness (QED) is 0.872. The van der Waals surface area contributed by atoms with Gasteiger partial charge >= 0.3 is 6.03 Å². The van der Waals surface area contributed by atoms with Gasteiger partial charge in [-0.2, -0.15) is 0 Å². The number of nitrogens with one attached hydrogen (secondary N) is 2. The monoisotopic (exact) mass is 366 g/mol. The van der Waals surface area contributed by atoms with E-state index in [9.17, 15) is 9.59 Å². The Labute approximate surface area is 159 Å². The van der Waals surface area contributed by atoms with Crippen molar-refractivity contribution >= 4 is 28.3 Å². The second kappa shape index (κ2) is 8.06. The zero-order valence-electron chi connectivity index (χ0n) is 15.5. The van der Waals surface area contributed by atoms with Gasteiger partial charge in [0.1, 0.15) is 0 Å². The number of hydrogen-bond acceptors (Lipinski definition) is 4. The first-order valence-electron chi connectivity index (χ1n) is 9.73. The molecule has 2 heterocycles. The van der Waals surface area contributed by atoms with Gasteiger partial charge < -0.3 is 15.5 Å². The summed E-state index contributed by atoms with van der Waals surface area (Å²) < 4.78 is 0. The number of fused-ring (bicyclic) bond motifs is 1. The third-order valence-corrected chi connectivity index (χ3v) is 5.52. The molecule has 0 aliphatic carbocycles.